The molecule has 0 unspecified atom stereocenters. The van der Waals surface area contributed by atoms with Gasteiger partial charge in [0.15, 0.2) is 0 Å². The quantitative estimate of drug-likeness (QED) is 0.520. The Morgan fingerprint density at radius 1 is 0.897 bits per heavy atom. The Labute approximate surface area is 167 Å². The lowest BCUT2D eigenvalue weighted by Crippen LogP contribution is -2.23. The van der Waals surface area contributed by atoms with Crippen molar-refractivity contribution in [1.29, 1.82) is 0 Å². The number of nitrogens with zero attached hydrogens (tertiary/aromatic N) is 2. The van der Waals surface area contributed by atoms with Crippen LogP contribution in [-0.2, 0) is 16.6 Å². The molecule has 0 fully saturated rings. The lowest BCUT2D eigenvalue weighted by Gasteiger charge is -2.09. The number of nitrogens with one attached hydrogen (secondary N) is 1. The van der Waals surface area contributed by atoms with E-state index in [9.17, 15) is 12.8 Å². The highest BCUT2D eigenvalue weighted by Gasteiger charge is 2.22. The van der Waals surface area contributed by atoms with E-state index in [2.05, 4.69) is 14.9 Å². The molecule has 1 aromatic heterocycles. The van der Waals surface area contributed by atoms with Gasteiger partial charge in [-0.3, -0.25) is 0 Å². The lowest BCUT2D eigenvalue weighted by molar-refractivity contribution is 0.431. The average Bonchev–Trinajstić information content (AvgIpc) is 3.24. The van der Waals surface area contributed by atoms with E-state index in [1.165, 1.54) is 30.3 Å². The van der Waals surface area contributed by atoms with Gasteiger partial charge in [-0.1, -0.05) is 47.6 Å². The molecule has 0 atom stereocenters. The van der Waals surface area contributed by atoms with Crippen LogP contribution in [0, 0.1) is 5.82 Å². The molecule has 0 bridgehead atoms. The number of hydrogen-bond acceptors (Lipinski definition) is 5. The average molecular weight is 409 g/mol. The number of benzene rings is 3. The van der Waals surface area contributed by atoms with Crippen LogP contribution in [0.25, 0.3) is 22.8 Å². The molecule has 0 aliphatic rings. The Morgan fingerprint density at radius 2 is 1.59 bits per heavy atom. The molecule has 0 radical (unpaired) electrons. The zero-order chi connectivity index (χ0) is 20.3. The molecule has 0 saturated heterocycles. The molecule has 29 heavy (non-hydrogen) atoms. The maximum absolute atomic E-state index is 13.1. The Kier molecular flexibility index (Phi) is 5.20. The second-order valence-electron chi connectivity index (χ2n) is 6.24. The third-order valence-electron chi connectivity index (χ3n) is 4.24. The van der Waals surface area contributed by atoms with Crippen molar-refractivity contribution in [3.8, 4) is 22.8 Å². The van der Waals surface area contributed by atoms with Gasteiger partial charge in [0.2, 0.25) is 15.8 Å². The molecule has 1 N–H and O–H groups in total. The first-order valence-corrected chi connectivity index (χ1v) is 10.2. The summed E-state index contributed by atoms with van der Waals surface area (Å²) in [6, 6.07) is 21.2. The van der Waals surface area contributed by atoms with Gasteiger partial charge in [-0.25, -0.2) is 17.5 Å². The predicted octanol–water partition coefficient (Wildman–Crippen LogP) is 4.02. The van der Waals surface area contributed by atoms with E-state index >= 15 is 0 Å². The van der Waals surface area contributed by atoms with Gasteiger partial charge in [-0.05, 0) is 42.0 Å². The van der Waals surface area contributed by atoms with Gasteiger partial charge in [0.05, 0.1) is 10.5 Å². The van der Waals surface area contributed by atoms with Gasteiger partial charge in [0.25, 0.3) is 5.89 Å². The van der Waals surface area contributed by atoms with Crippen molar-refractivity contribution in [2.75, 3.05) is 0 Å². The zero-order valence-electron chi connectivity index (χ0n) is 15.1. The first-order valence-electron chi connectivity index (χ1n) is 8.75. The van der Waals surface area contributed by atoms with E-state index in [0.29, 0.717) is 5.56 Å². The summed E-state index contributed by atoms with van der Waals surface area (Å²) in [7, 11) is -3.83. The van der Waals surface area contributed by atoms with Crippen molar-refractivity contribution in [2.24, 2.45) is 0 Å². The molecule has 4 rings (SSSR count). The maximum Gasteiger partial charge on any atom is 0.259 e. The van der Waals surface area contributed by atoms with Crippen LogP contribution in [0.15, 0.2) is 88.3 Å². The second-order valence-corrected chi connectivity index (χ2v) is 7.97. The first kappa shape index (κ1) is 19.0. The van der Waals surface area contributed by atoms with Gasteiger partial charge in [0, 0.05) is 12.1 Å². The molecule has 0 saturated carbocycles. The van der Waals surface area contributed by atoms with E-state index in [1.807, 2.05) is 30.3 Å². The van der Waals surface area contributed by atoms with Crippen LogP contribution in [0.4, 0.5) is 4.39 Å². The highest BCUT2D eigenvalue weighted by atomic mass is 32.2. The lowest BCUT2D eigenvalue weighted by atomic mass is 10.2. The summed E-state index contributed by atoms with van der Waals surface area (Å²) in [6.07, 6.45) is 0. The Balaban J connectivity index is 1.64. The summed E-state index contributed by atoms with van der Waals surface area (Å²) < 4.78 is 46.7. The summed E-state index contributed by atoms with van der Waals surface area (Å²) in [6.45, 7) is 0.155. The van der Waals surface area contributed by atoms with Crippen molar-refractivity contribution < 1.29 is 17.3 Å². The number of sulfonamides is 1. The highest BCUT2D eigenvalue weighted by Crippen LogP contribution is 2.28. The summed E-state index contributed by atoms with van der Waals surface area (Å²) in [4.78, 5) is 4.31. The summed E-state index contributed by atoms with van der Waals surface area (Å²) in [5.41, 5.74) is 1.68. The zero-order valence-corrected chi connectivity index (χ0v) is 15.9. The molecule has 8 heteroatoms. The number of halogens is 1. The third-order valence-corrected chi connectivity index (χ3v) is 5.70. The van der Waals surface area contributed by atoms with Crippen molar-refractivity contribution in [2.45, 2.75) is 11.4 Å². The first-order chi connectivity index (χ1) is 14.0. The van der Waals surface area contributed by atoms with E-state index in [-0.39, 0.29) is 34.5 Å². The Morgan fingerprint density at radius 3 is 2.34 bits per heavy atom. The fourth-order valence-corrected chi connectivity index (χ4v) is 3.99. The minimum Gasteiger partial charge on any atom is -0.334 e. The number of rotatable bonds is 6. The standard InChI is InChI=1S/C21H16FN3O3S/c22-17-12-10-16(11-13-17)20-24-21(28-25-20)18-8-4-5-9-19(18)29(26,27)23-14-15-6-2-1-3-7-15/h1-13,23H,14H2. The van der Waals surface area contributed by atoms with Crippen LogP contribution < -0.4 is 4.72 Å². The van der Waals surface area contributed by atoms with Crippen molar-refractivity contribution in [1.82, 2.24) is 14.9 Å². The third kappa shape index (κ3) is 4.23. The van der Waals surface area contributed by atoms with Gasteiger partial charge in [0.1, 0.15) is 5.82 Å². The van der Waals surface area contributed by atoms with Gasteiger partial charge < -0.3 is 4.52 Å². The molecule has 0 amide bonds. The fraction of sp³-hybridized carbons (Fsp3) is 0.0476. The molecule has 0 aliphatic carbocycles. The fourth-order valence-electron chi connectivity index (χ4n) is 2.78. The van der Waals surface area contributed by atoms with Crippen molar-refractivity contribution in [3.05, 3.63) is 90.2 Å². The molecular weight excluding hydrogens is 393 g/mol. The van der Waals surface area contributed by atoms with Crippen LogP contribution in [0.5, 0.6) is 0 Å². The number of aromatic nitrogens is 2. The van der Waals surface area contributed by atoms with E-state index < -0.39 is 10.0 Å². The molecule has 146 valence electrons. The highest BCUT2D eigenvalue weighted by molar-refractivity contribution is 7.89. The van der Waals surface area contributed by atoms with Gasteiger partial charge >= 0.3 is 0 Å². The monoisotopic (exact) mass is 409 g/mol. The molecule has 3 aromatic carbocycles. The molecule has 4 aromatic rings. The summed E-state index contributed by atoms with van der Waals surface area (Å²) >= 11 is 0. The van der Waals surface area contributed by atoms with E-state index in [0.717, 1.165) is 5.56 Å². The largest absolute Gasteiger partial charge is 0.334 e. The minimum atomic E-state index is -3.83. The van der Waals surface area contributed by atoms with Crippen LogP contribution in [0.3, 0.4) is 0 Å². The number of hydrogen-bond donors (Lipinski definition) is 1. The summed E-state index contributed by atoms with van der Waals surface area (Å²) in [5, 5.41) is 3.89. The van der Waals surface area contributed by atoms with Crippen LogP contribution in [0.1, 0.15) is 5.56 Å². The SMILES string of the molecule is O=S(=O)(NCc1ccccc1)c1ccccc1-c1nc(-c2ccc(F)cc2)no1. The van der Waals surface area contributed by atoms with Crippen LogP contribution in [0.2, 0.25) is 0 Å². The van der Waals surface area contributed by atoms with Crippen LogP contribution >= 0.6 is 0 Å². The predicted molar refractivity (Wildman–Crippen MR) is 106 cm³/mol. The molecule has 6 nitrogen and oxygen atoms in total. The van der Waals surface area contributed by atoms with E-state index in [1.54, 1.807) is 18.2 Å². The maximum atomic E-state index is 13.1. The van der Waals surface area contributed by atoms with Crippen molar-refractivity contribution in [3.63, 3.8) is 0 Å². The van der Waals surface area contributed by atoms with Gasteiger partial charge in [-0.2, -0.15) is 4.98 Å². The molecular formula is C21H16FN3O3S. The molecule has 0 aliphatic heterocycles. The Hall–Kier alpha value is -3.36. The molecule has 0 spiro atoms. The topological polar surface area (TPSA) is 85.1 Å². The van der Waals surface area contributed by atoms with Crippen LogP contribution in [-0.4, -0.2) is 18.6 Å². The van der Waals surface area contributed by atoms with E-state index in [4.69, 9.17) is 4.52 Å². The second kappa shape index (κ2) is 7.94. The van der Waals surface area contributed by atoms with Crippen molar-refractivity contribution >= 4 is 10.0 Å². The Bertz CT molecular complexity index is 1220. The molecule has 1 heterocycles. The normalized spacial score (nSPS) is 11.5. The smallest absolute Gasteiger partial charge is 0.259 e. The minimum absolute atomic E-state index is 0.0326. The van der Waals surface area contributed by atoms with Gasteiger partial charge in [-0.15, -0.1) is 0 Å². The summed E-state index contributed by atoms with van der Waals surface area (Å²) in [5.74, 6) is -0.0761.